The predicted molar refractivity (Wildman–Crippen MR) is 74.3 cm³/mol. The highest BCUT2D eigenvalue weighted by Crippen LogP contribution is 2.31. The third-order valence-corrected chi connectivity index (χ3v) is 3.77. The fourth-order valence-corrected chi connectivity index (χ4v) is 2.78. The predicted octanol–water partition coefficient (Wildman–Crippen LogP) is 2.47. The van der Waals surface area contributed by atoms with Gasteiger partial charge in [0.15, 0.2) is 0 Å². The van der Waals surface area contributed by atoms with Crippen molar-refractivity contribution in [2.45, 2.75) is 23.8 Å². The van der Waals surface area contributed by atoms with Gasteiger partial charge in [0.25, 0.3) is 0 Å². The van der Waals surface area contributed by atoms with Gasteiger partial charge in [-0.3, -0.25) is 10.1 Å². The smallest absolute Gasteiger partial charge is 0.123 e. The molecule has 0 aliphatic carbocycles. The molecule has 4 nitrogen and oxygen atoms in total. The molecule has 2 rings (SSSR count). The molecule has 18 heavy (non-hydrogen) atoms. The molecule has 0 bridgehead atoms. The summed E-state index contributed by atoms with van der Waals surface area (Å²) in [7, 11) is 1.91. The third-order valence-electron chi connectivity index (χ3n) is 2.60. The van der Waals surface area contributed by atoms with E-state index in [4.69, 9.17) is 11.1 Å². The molecule has 1 heterocycles. The van der Waals surface area contributed by atoms with Gasteiger partial charge in [-0.15, -0.1) is 0 Å². The second-order valence-corrected chi connectivity index (χ2v) is 5.33. The second-order valence-electron chi connectivity index (χ2n) is 4.26. The minimum absolute atomic E-state index is 0.0973. The summed E-state index contributed by atoms with van der Waals surface area (Å²) in [5.41, 5.74) is 8.49. The largest absolute Gasteiger partial charge is 0.384 e. The summed E-state index contributed by atoms with van der Waals surface area (Å²) in [5, 5.41) is 13.0. The van der Waals surface area contributed by atoms with Crippen LogP contribution in [0.15, 0.2) is 34.2 Å². The Kier molecular flexibility index (Phi) is 3.43. The Balaban J connectivity index is 2.40. The van der Waals surface area contributed by atoms with Gasteiger partial charge >= 0.3 is 0 Å². The van der Waals surface area contributed by atoms with Crippen molar-refractivity contribution in [3.63, 3.8) is 0 Å². The Bertz CT molecular complexity index is 601. The quantitative estimate of drug-likeness (QED) is 0.658. The monoisotopic (exact) mass is 260 g/mol. The average Bonchev–Trinajstić information content (AvgIpc) is 2.60. The van der Waals surface area contributed by atoms with E-state index in [0.717, 1.165) is 26.7 Å². The molecule has 0 fully saturated rings. The van der Waals surface area contributed by atoms with E-state index >= 15 is 0 Å². The van der Waals surface area contributed by atoms with Crippen molar-refractivity contribution in [1.82, 2.24) is 9.78 Å². The number of nitrogens with zero attached hydrogens (tertiary/aromatic N) is 2. The molecule has 5 heteroatoms. The highest BCUT2D eigenvalue weighted by atomic mass is 32.2. The Morgan fingerprint density at radius 2 is 2.06 bits per heavy atom. The number of nitrogens with two attached hydrogens (primary N) is 1. The summed E-state index contributed by atoms with van der Waals surface area (Å²) in [6, 6.07) is 7.99. The van der Waals surface area contributed by atoms with Gasteiger partial charge < -0.3 is 5.73 Å². The maximum absolute atomic E-state index is 7.64. The van der Waals surface area contributed by atoms with E-state index in [9.17, 15) is 0 Å². The van der Waals surface area contributed by atoms with E-state index < -0.39 is 0 Å². The van der Waals surface area contributed by atoms with Gasteiger partial charge in [0.05, 0.1) is 10.7 Å². The molecule has 0 amide bonds. The number of hydrogen-bond acceptors (Lipinski definition) is 3. The minimum atomic E-state index is 0.0973. The van der Waals surface area contributed by atoms with Crippen molar-refractivity contribution in [3.05, 3.63) is 41.1 Å². The van der Waals surface area contributed by atoms with Crippen LogP contribution < -0.4 is 5.73 Å². The van der Waals surface area contributed by atoms with Crippen LogP contribution in [0.2, 0.25) is 0 Å². The van der Waals surface area contributed by atoms with Gasteiger partial charge in [0, 0.05) is 17.5 Å². The summed E-state index contributed by atoms with van der Waals surface area (Å²) in [6.07, 6.45) is 0. The molecule has 2 aromatic rings. The number of nitrogen functional groups attached to an aromatic ring is 1. The molecule has 1 aromatic carbocycles. The molecular weight excluding hydrogens is 244 g/mol. The first-order chi connectivity index (χ1) is 8.47. The van der Waals surface area contributed by atoms with Crippen LogP contribution in [0.1, 0.15) is 16.8 Å². The summed E-state index contributed by atoms with van der Waals surface area (Å²) in [4.78, 5) is 0.983. The molecule has 1 aromatic heterocycles. The molecule has 3 N–H and O–H groups in total. The zero-order chi connectivity index (χ0) is 13.3. The summed E-state index contributed by atoms with van der Waals surface area (Å²) < 4.78 is 1.84. The summed E-state index contributed by atoms with van der Waals surface area (Å²) >= 11 is 1.58. The molecule has 0 atom stereocenters. The van der Waals surface area contributed by atoms with E-state index in [1.54, 1.807) is 11.8 Å². The Labute approximate surface area is 111 Å². The lowest BCUT2D eigenvalue weighted by molar-refractivity contribution is 0.692. The lowest BCUT2D eigenvalue weighted by Gasteiger charge is -2.08. The van der Waals surface area contributed by atoms with Crippen LogP contribution in [0.3, 0.4) is 0 Å². The van der Waals surface area contributed by atoms with Crippen LogP contribution in [-0.4, -0.2) is 15.6 Å². The van der Waals surface area contributed by atoms with E-state index in [2.05, 4.69) is 5.10 Å². The van der Waals surface area contributed by atoms with E-state index in [1.807, 2.05) is 49.8 Å². The molecule has 0 spiro atoms. The van der Waals surface area contributed by atoms with Crippen molar-refractivity contribution in [3.8, 4) is 0 Å². The Morgan fingerprint density at radius 3 is 2.61 bits per heavy atom. The number of nitrogens with one attached hydrogen (secondary N) is 1. The topological polar surface area (TPSA) is 67.7 Å². The maximum atomic E-state index is 7.64. The Hall–Kier alpha value is -1.75. The molecule has 0 radical (unpaired) electrons. The molecule has 0 aliphatic rings. The molecular formula is C13H16N4S. The number of hydrogen-bond donors (Lipinski definition) is 2. The highest BCUT2D eigenvalue weighted by Gasteiger charge is 2.10. The molecule has 0 unspecified atom stereocenters. The number of benzene rings is 1. The lowest BCUT2D eigenvalue weighted by Crippen LogP contribution is -2.12. The van der Waals surface area contributed by atoms with Gasteiger partial charge in [-0.25, -0.2) is 0 Å². The fraction of sp³-hybridized carbons (Fsp3) is 0.231. The van der Waals surface area contributed by atoms with E-state index in [0.29, 0.717) is 0 Å². The second kappa shape index (κ2) is 4.86. The fourth-order valence-electron chi connectivity index (χ4n) is 1.74. The van der Waals surface area contributed by atoms with Crippen molar-refractivity contribution < 1.29 is 0 Å². The van der Waals surface area contributed by atoms with Crippen LogP contribution in [0.5, 0.6) is 0 Å². The van der Waals surface area contributed by atoms with E-state index in [1.165, 1.54) is 0 Å². The normalized spacial score (nSPS) is 10.6. The van der Waals surface area contributed by atoms with Crippen molar-refractivity contribution in [2.24, 2.45) is 12.8 Å². The molecule has 94 valence electrons. The first kappa shape index (κ1) is 12.7. The molecule has 0 aliphatic heterocycles. The van der Waals surface area contributed by atoms with Crippen LogP contribution in [0, 0.1) is 19.3 Å². The van der Waals surface area contributed by atoms with Gasteiger partial charge in [-0.05, 0) is 32.0 Å². The van der Waals surface area contributed by atoms with Crippen molar-refractivity contribution >= 4 is 17.6 Å². The van der Waals surface area contributed by atoms with E-state index in [-0.39, 0.29) is 5.84 Å². The van der Waals surface area contributed by atoms with Crippen LogP contribution >= 0.6 is 11.8 Å². The number of rotatable bonds is 3. The summed E-state index contributed by atoms with van der Waals surface area (Å²) in [5.74, 6) is 0.0973. The van der Waals surface area contributed by atoms with Crippen molar-refractivity contribution in [1.29, 1.82) is 5.41 Å². The maximum Gasteiger partial charge on any atom is 0.123 e. The summed E-state index contributed by atoms with van der Waals surface area (Å²) in [6.45, 7) is 3.96. The highest BCUT2D eigenvalue weighted by molar-refractivity contribution is 7.99. The standard InChI is InChI=1S/C13H16N4S/c1-8-4-5-11(10(6-8)13(14)15)18-12-7-9(2)16-17(12)3/h4-7H,1-3H3,(H3,14,15). The first-order valence-corrected chi connectivity index (χ1v) is 6.42. The number of amidine groups is 1. The molecule has 0 saturated carbocycles. The molecule has 0 saturated heterocycles. The van der Waals surface area contributed by atoms with Gasteiger partial charge in [-0.2, -0.15) is 5.10 Å². The average molecular weight is 260 g/mol. The van der Waals surface area contributed by atoms with Gasteiger partial charge in [0.2, 0.25) is 0 Å². The Morgan fingerprint density at radius 1 is 1.33 bits per heavy atom. The van der Waals surface area contributed by atoms with Crippen LogP contribution in [0.4, 0.5) is 0 Å². The van der Waals surface area contributed by atoms with Gasteiger partial charge in [0.1, 0.15) is 5.84 Å². The zero-order valence-corrected chi connectivity index (χ0v) is 11.5. The van der Waals surface area contributed by atoms with Crippen LogP contribution in [0.25, 0.3) is 0 Å². The van der Waals surface area contributed by atoms with Crippen molar-refractivity contribution in [2.75, 3.05) is 0 Å². The first-order valence-electron chi connectivity index (χ1n) is 5.61. The third kappa shape index (κ3) is 2.56. The number of aryl methyl sites for hydroxylation is 3. The van der Waals surface area contributed by atoms with Gasteiger partial charge in [-0.1, -0.05) is 23.4 Å². The minimum Gasteiger partial charge on any atom is -0.384 e. The lowest BCUT2D eigenvalue weighted by atomic mass is 10.1. The van der Waals surface area contributed by atoms with Crippen LogP contribution in [-0.2, 0) is 7.05 Å². The zero-order valence-electron chi connectivity index (χ0n) is 10.7. The SMILES string of the molecule is Cc1ccc(Sc2cc(C)nn2C)c(C(=N)N)c1. The number of aromatic nitrogens is 2.